The minimum absolute atomic E-state index is 0.0184. The number of hydrogen-bond donors (Lipinski definition) is 0. The minimum atomic E-state index is -0.443. The molecule has 0 spiro atoms. The van der Waals surface area contributed by atoms with E-state index in [0.29, 0.717) is 13.2 Å². The van der Waals surface area contributed by atoms with Crippen molar-refractivity contribution >= 4 is 17.6 Å². The summed E-state index contributed by atoms with van der Waals surface area (Å²) < 4.78 is 23.6. The molecule has 0 fully saturated rings. The molecular weight excluding hydrogens is 528 g/mol. The van der Waals surface area contributed by atoms with E-state index in [0.717, 1.165) is 44.9 Å². The fraction of sp³-hybridized carbons (Fsp3) is 0.229. The summed E-state index contributed by atoms with van der Waals surface area (Å²) in [5.74, 6) is 1.21. The quantitative estimate of drug-likeness (QED) is 0.216. The van der Waals surface area contributed by atoms with Gasteiger partial charge in [-0.2, -0.15) is 0 Å². The zero-order valence-electron chi connectivity index (χ0n) is 23.7. The Hall–Kier alpha value is -4.91. The van der Waals surface area contributed by atoms with Gasteiger partial charge in [0.05, 0.1) is 0 Å². The number of carbonyl (C=O) groups is 1. The van der Waals surface area contributed by atoms with Gasteiger partial charge in [-0.05, 0) is 71.5 Å². The van der Waals surface area contributed by atoms with Gasteiger partial charge in [-0.1, -0.05) is 72.8 Å². The molecule has 0 N–H and O–H groups in total. The highest BCUT2D eigenvalue weighted by atomic mass is 16.5. The zero-order chi connectivity index (χ0) is 28.9. The van der Waals surface area contributed by atoms with Crippen LogP contribution >= 0.6 is 0 Å². The maximum Gasteiger partial charge on any atom is 0.301 e. The van der Waals surface area contributed by atoms with Gasteiger partial charge in [0.25, 0.3) is 11.8 Å². The molecule has 7 heteroatoms. The van der Waals surface area contributed by atoms with Crippen LogP contribution in [0.4, 0.5) is 0 Å². The summed E-state index contributed by atoms with van der Waals surface area (Å²) in [5, 5.41) is 0. The fourth-order valence-electron chi connectivity index (χ4n) is 5.12. The highest BCUT2D eigenvalue weighted by molar-refractivity contribution is 6.63. The van der Waals surface area contributed by atoms with E-state index in [-0.39, 0.29) is 37.1 Å². The number of nitrogens with zero attached hydrogens (tertiary/aromatic N) is 2. The summed E-state index contributed by atoms with van der Waals surface area (Å²) in [5.41, 5.74) is 6.17. The van der Waals surface area contributed by atoms with E-state index in [1.54, 1.807) is 0 Å². The molecule has 0 saturated heterocycles. The van der Waals surface area contributed by atoms with E-state index in [9.17, 15) is 4.79 Å². The molecule has 0 saturated carbocycles. The van der Waals surface area contributed by atoms with Crippen LogP contribution in [0.2, 0.25) is 0 Å². The first kappa shape index (κ1) is 27.3. The molecule has 0 amide bonds. The molecule has 0 aromatic heterocycles. The molecule has 42 heavy (non-hydrogen) atoms. The van der Waals surface area contributed by atoms with E-state index in [2.05, 4.69) is 9.98 Å². The van der Waals surface area contributed by atoms with Gasteiger partial charge in [-0.3, -0.25) is 4.79 Å². The standard InChI is InChI=1S/C35H32N2O5/c1-23-9-7-13-27(17-23)39-19-25-11-3-5-15-29(25)31-21-41-34(36-31)33(38)35-37-32(22-42-35)30-16-6-4-12-26(30)20-40-28-14-8-10-24(2)18-28/h3-18,31-32H,19-22H2,1-2H3. The Bertz CT molecular complexity index is 1540. The van der Waals surface area contributed by atoms with Crippen molar-refractivity contribution in [1.29, 1.82) is 0 Å². The Labute approximate surface area is 245 Å². The van der Waals surface area contributed by atoms with Crippen molar-refractivity contribution in [3.8, 4) is 11.5 Å². The summed E-state index contributed by atoms with van der Waals surface area (Å²) >= 11 is 0. The van der Waals surface area contributed by atoms with Crippen LogP contribution in [0.5, 0.6) is 11.5 Å². The predicted molar refractivity (Wildman–Crippen MR) is 161 cm³/mol. The summed E-state index contributed by atoms with van der Waals surface area (Å²) in [6, 6.07) is 31.1. The van der Waals surface area contributed by atoms with Gasteiger partial charge >= 0.3 is 5.78 Å². The van der Waals surface area contributed by atoms with Crippen molar-refractivity contribution < 1.29 is 23.7 Å². The first-order valence-electron chi connectivity index (χ1n) is 14.0. The molecule has 2 aliphatic rings. The predicted octanol–water partition coefficient (Wildman–Crippen LogP) is 6.67. The molecule has 2 unspecified atom stereocenters. The third-order valence-corrected chi connectivity index (χ3v) is 7.29. The number of Topliss-reactive ketones (excluding diaryl/α,β-unsaturated/α-hetero) is 1. The van der Waals surface area contributed by atoms with Gasteiger partial charge in [0.15, 0.2) is 0 Å². The lowest BCUT2D eigenvalue weighted by Crippen LogP contribution is -2.24. The van der Waals surface area contributed by atoms with Crippen molar-refractivity contribution in [3.63, 3.8) is 0 Å². The van der Waals surface area contributed by atoms with Gasteiger partial charge in [0.2, 0.25) is 0 Å². The third-order valence-electron chi connectivity index (χ3n) is 7.29. The zero-order valence-corrected chi connectivity index (χ0v) is 23.7. The molecule has 4 aromatic carbocycles. The summed E-state index contributed by atoms with van der Waals surface area (Å²) in [6.45, 7) is 5.37. The average Bonchev–Trinajstić information content (AvgIpc) is 3.70. The van der Waals surface area contributed by atoms with Crippen molar-refractivity contribution in [2.75, 3.05) is 13.2 Å². The fourth-order valence-corrected chi connectivity index (χ4v) is 5.12. The SMILES string of the molecule is Cc1cccc(OCc2ccccc2C2COC(C(=O)C3=NC(c4ccccc4COc4cccc(C)c4)CO3)=N2)c1. The summed E-state index contributed by atoms with van der Waals surface area (Å²) in [4.78, 5) is 22.5. The minimum Gasteiger partial charge on any atom is -0.489 e. The van der Waals surface area contributed by atoms with Crippen LogP contribution in [0.3, 0.4) is 0 Å². The Kier molecular flexibility index (Phi) is 7.99. The number of aryl methyl sites for hydroxylation is 2. The van der Waals surface area contributed by atoms with Crippen molar-refractivity contribution in [1.82, 2.24) is 0 Å². The van der Waals surface area contributed by atoms with Crippen LogP contribution in [0.25, 0.3) is 0 Å². The molecule has 212 valence electrons. The Morgan fingerprint density at radius 2 is 1.12 bits per heavy atom. The molecule has 7 nitrogen and oxygen atoms in total. The molecular formula is C35H32N2O5. The van der Waals surface area contributed by atoms with E-state index < -0.39 is 5.78 Å². The second-order valence-electron chi connectivity index (χ2n) is 10.5. The molecule has 2 aliphatic heterocycles. The molecule has 0 aliphatic carbocycles. The lowest BCUT2D eigenvalue weighted by Gasteiger charge is -2.13. The number of hydrogen-bond acceptors (Lipinski definition) is 7. The number of rotatable bonds is 10. The van der Waals surface area contributed by atoms with Gasteiger partial charge in [0.1, 0.15) is 50.0 Å². The first-order chi connectivity index (χ1) is 20.5. The van der Waals surface area contributed by atoms with Crippen molar-refractivity contribution in [3.05, 3.63) is 130 Å². The topological polar surface area (TPSA) is 78.7 Å². The molecule has 4 aromatic rings. The highest BCUT2D eigenvalue weighted by Gasteiger charge is 2.34. The number of benzene rings is 4. The number of ether oxygens (including phenoxy) is 4. The van der Waals surface area contributed by atoms with E-state index in [1.165, 1.54) is 0 Å². The lowest BCUT2D eigenvalue weighted by molar-refractivity contribution is -0.109. The van der Waals surface area contributed by atoms with E-state index in [4.69, 9.17) is 18.9 Å². The third kappa shape index (κ3) is 6.20. The van der Waals surface area contributed by atoms with Gasteiger partial charge in [-0.15, -0.1) is 0 Å². The Balaban J connectivity index is 1.14. The Morgan fingerprint density at radius 3 is 1.57 bits per heavy atom. The van der Waals surface area contributed by atoms with Crippen LogP contribution in [-0.2, 0) is 27.5 Å². The van der Waals surface area contributed by atoms with Gasteiger partial charge < -0.3 is 18.9 Å². The lowest BCUT2D eigenvalue weighted by atomic mass is 10.0. The van der Waals surface area contributed by atoms with Crippen molar-refractivity contribution in [2.45, 2.75) is 39.1 Å². The van der Waals surface area contributed by atoms with Crippen LogP contribution in [-0.4, -0.2) is 30.8 Å². The molecule has 0 radical (unpaired) electrons. The van der Waals surface area contributed by atoms with Crippen molar-refractivity contribution in [2.24, 2.45) is 9.98 Å². The summed E-state index contributed by atoms with van der Waals surface area (Å²) in [6.07, 6.45) is 0. The average molecular weight is 561 g/mol. The molecule has 0 bridgehead atoms. The molecule has 2 heterocycles. The van der Waals surface area contributed by atoms with Crippen LogP contribution in [0.15, 0.2) is 107 Å². The van der Waals surface area contributed by atoms with Crippen LogP contribution in [0.1, 0.15) is 45.5 Å². The Morgan fingerprint density at radius 1 is 0.667 bits per heavy atom. The number of carbonyl (C=O) groups excluding carboxylic acids is 1. The summed E-state index contributed by atoms with van der Waals surface area (Å²) in [7, 11) is 0. The van der Waals surface area contributed by atoms with E-state index in [1.807, 2.05) is 111 Å². The van der Waals surface area contributed by atoms with Crippen LogP contribution in [0, 0.1) is 13.8 Å². The normalized spacial score (nSPS) is 17.6. The number of ketones is 1. The van der Waals surface area contributed by atoms with Gasteiger partial charge in [-0.25, -0.2) is 9.98 Å². The molecule has 2 atom stereocenters. The second-order valence-corrected chi connectivity index (χ2v) is 10.5. The second kappa shape index (κ2) is 12.3. The van der Waals surface area contributed by atoms with Crippen LogP contribution < -0.4 is 9.47 Å². The first-order valence-corrected chi connectivity index (χ1v) is 14.0. The maximum absolute atomic E-state index is 13.3. The van der Waals surface area contributed by atoms with E-state index >= 15 is 0 Å². The monoisotopic (exact) mass is 560 g/mol. The van der Waals surface area contributed by atoms with Gasteiger partial charge in [0, 0.05) is 0 Å². The maximum atomic E-state index is 13.3. The highest BCUT2D eigenvalue weighted by Crippen LogP contribution is 2.30. The smallest absolute Gasteiger partial charge is 0.301 e. The largest absolute Gasteiger partial charge is 0.489 e. The number of aliphatic imine (C=N–C) groups is 2. The molecule has 6 rings (SSSR count).